The van der Waals surface area contributed by atoms with Crippen molar-refractivity contribution in [3.05, 3.63) is 142 Å². The third-order valence-electron chi connectivity index (χ3n) is 15.5. The number of benzene rings is 4. The van der Waals surface area contributed by atoms with Gasteiger partial charge >= 0.3 is 0 Å². The molecule has 0 spiro atoms. The second kappa shape index (κ2) is 24.9. The number of rotatable bonds is 18. The van der Waals surface area contributed by atoms with Gasteiger partial charge in [-0.1, -0.05) is 39.3 Å². The normalized spacial score (nSPS) is 15.9. The molecule has 2 fully saturated rings. The highest BCUT2D eigenvalue weighted by Gasteiger charge is 2.27. The van der Waals surface area contributed by atoms with E-state index in [2.05, 4.69) is 59.4 Å². The number of imidazole rings is 2. The Morgan fingerprint density at radius 1 is 0.547 bits per heavy atom. The number of halogens is 4. The van der Waals surface area contributed by atoms with Gasteiger partial charge in [-0.05, 0) is 87.0 Å². The van der Waals surface area contributed by atoms with Gasteiger partial charge in [0, 0.05) is 126 Å². The highest BCUT2D eigenvalue weighted by atomic mass is 28.3. The number of aryl methyl sites for hydroxylation is 2. The zero-order valence-corrected chi connectivity index (χ0v) is 51.5. The minimum Gasteiger partial charge on any atom is -0.454 e. The first-order valence-electron chi connectivity index (χ1n) is 28.9. The van der Waals surface area contributed by atoms with Crippen molar-refractivity contribution in [2.75, 3.05) is 26.4 Å². The van der Waals surface area contributed by atoms with Gasteiger partial charge in [-0.3, -0.25) is 9.59 Å². The summed E-state index contributed by atoms with van der Waals surface area (Å²) in [6, 6.07) is 15.6. The maximum atomic E-state index is 14.8. The van der Waals surface area contributed by atoms with E-state index in [1.54, 1.807) is 73.0 Å². The molecule has 6 aromatic heterocycles. The lowest BCUT2D eigenvalue weighted by Gasteiger charge is -2.24. The Kier molecular flexibility index (Phi) is 17.4. The molecule has 0 N–H and O–H groups in total. The van der Waals surface area contributed by atoms with E-state index >= 15 is 0 Å². The Morgan fingerprint density at radius 2 is 0.988 bits per heavy atom. The molecule has 0 aliphatic carbocycles. The minimum absolute atomic E-state index is 0.130. The Morgan fingerprint density at radius 3 is 1.43 bits per heavy atom. The number of aromatic nitrogens is 10. The summed E-state index contributed by atoms with van der Waals surface area (Å²) in [6.45, 7) is 16.5. The van der Waals surface area contributed by atoms with Crippen LogP contribution < -0.4 is 20.6 Å². The van der Waals surface area contributed by atoms with Crippen molar-refractivity contribution in [1.82, 2.24) is 47.8 Å². The molecular formula is C62H70F4N10O8Si2. The van der Waals surface area contributed by atoms with Gasteiger partial charge in [-0.15, -0.1) is 0 Å². The molecule has 10 aromatic rings. The molecule has 24 heteroatoms. The number of fused-ring (bicyclic) bond motifs is 4. The van der Waals surface area contributed by atoms with Gasteiger partial charge in [0.2, 0.25) is 0 Å². The Labute approximate surface area is 495 Å². The first kappa shape index (κ1) is 60.0. The van der Waals surface area contributed by atoms with Crippen molar-refractivity contribution in [1.29, 1.82) is 0 Å². The monoisotopic (exact) mass is 1210 g/mol. The Hall–Kier alpha value is -7.75. The Bertz CT molecular complexity index is 4250. The van der Waals surface area contributed by atoms with Crippen molar-refractivity contribution in [3.63, 3.8) is 0 Å². The van der Waals surface area contributed by atoms with E-state index in [0.717, 1.165) is 85.9 Å². The smallest absolute Gasteiger partial charge is 0.276 e. The average molecular weight is 1220 g/mol. The predicted molar refractivity (Wildman–Crippen MR) is 326 cm³/mol. The van der Waals surface area contributed by atoms with Crippen molar-refractivity contribution >= 4 is 60.0 Å². The molecule has 0 amide bonds. The van der Waals surface area contributed by atoms with Gasteiger partial charge < -0.3 is 46.7 Å². The van der Waals surface area contributed by atoms with Crippen molar-refractivity contribution in [2.45, 2.75) is 116 Å². The third kappa shape index (κ3) is 13.0. The van der Waals surface area contributed by atoms with Gasteiger partial charge in [0.25, 0.3) is 11.1 Å². The van der Waals surface area contributed by atoms with Crippen LogP contribution >= 0.6 is 0 Å². The quantitative estimate of drug-likeness (QED) is 0.0453. The molecule has 2 atom stereocenters. The van der Waals surface area contributed by atoms with E-state index in [1.165, 1.54) is 21.3 Å². The van der Waals surface area contributed by atoms with Crippen LogP contribution in [0.15, 0.2) is 108 Å². The van der Waals surface area contributed by atoms with Crippen LogP contribution in [0.1, 0.15) is 51.0 Å². The molecule has 2 unspecified atom stereocenters. The summed E-state index contributed by atoms with van der Waals surface area (Å²) in [6.07, 6.45) is 15.6. The lowest BCUT2D eigenvalue weighted by Crippen LogP contribution is -2.23. The summed E-state index contributed by atoms with van der Waals surface area (Å²) in [5.74, 6) is -2.72. The van der Waals surface area contributed by atoms with Gasteiger partial charge in [0.1, 0.15) is 60.1 Å². The molecule has 8 heterocycles. The lowest BCUT2D eigenvalue weighted by atomic mass is 10.0. The predicted octanol–water partition coefficient (Wildman–Crippen LogP) is 13.7. The van der Waals surface area contributed by atoms with E-state index in [1.807, 2.05) is 21.3 Å². The number of nitrogens with zero attached hydrogens (tertiary/aromatic N) is 10. The van der Waals surface area contributed by atoms with Crippen LogP contribution in [0.25, 0.3) is 66.1 Å². The van der Waals surface area contributed by atoms with E-state index in [4.69, 9.17) is 28.4 Å². The summed E-state index contributed by atoms with van der Waals surface area (Å²) < 4.78 is 103. The number of ether oxygens (including phenoxy) is 6. The number of pyridine rings is 2. The first-order valence-corrected chi connectivity index (χ1v) is 36.4. The SMILES string of the molecule is Cn1cc(-c2cc3c(cc2Oc2ccc(F)cc2F)ncn3C2CCCCO2)c2cnn(COCC[Si](C)(C)C)c2c1=O.Cn1cc(-c2cc3ncn(C4CCCCO4)c3cc2Oc2ccc(F)cc2F)c2cnn(COCC[Si](C)(C)C)c2c1=O. The average Bonchev–Trinajstić information content (AvgIpc) is 1.65. The second-order valence-electron chi connectivity index (χ2n) is 24.4. The molecule has 452 valence electrons. The first-order chi connectivity index (χ1) is 41.2. The molecule has 18 nitrogen and oxygen atoms in total. The topological polar surface area (TPSA) is 171 Å². The van der Waals surface area contributed by atoms with E-state index < -0.39 is 39.4 Å². The van der Waals surface area contributed by atoms with Crippen molar-refractivity contribution < 1.29 is 46.0 Å². The summed E-state index contributed by atoms with van der Waals surface area (Å²) >= 11 is 0. The molecule has 2 aliphatic rings. The summed E-state index contributed by atoms with van der Waals surface area (Å²) in [5, 5.41) is 10.2. The fraction of sp³-hybridized carbons (Fsp3) is 0.387. The maximum absolute atomic E-state index is 14.8. The van der Waals surface area contributed by atoms with Gasteiger partial charge in [-0.25, -0.2) is 36.9 Å². The standard InChI is InChI=1S/2C31H35F2N5O4Si/c1-36-17-23(22-16-35-38(30(22)31(36)39)19-40-11-12-43(2,3)4)21-14-26-25(34-18-37(26)29-7-5-6-10-41-29)15-28(21)42-27-9-8-20(32)13-24(27)33;1-36-17-23(22-16-35-38(30(22)31(36)39)19-40-11-12-43(2,3)4)21-14-25-26(37(18-34-25)29-7-5-6-10-41-29)15-28(21)42-27-9-8-20(32)13-24(27)33/h2*8-9,13-18,29H,5-7,10-12,19H2,1-4H3. The molecule has 86 heavy (non-hydrogen) atoms. The highest BCUT2D eigenvalue weighted by molar-refractivity contribution is 6.76. The molecule has 0 radical (unpaired) electrons. The molecular weight excluding hydrogens is 1140 g/mol. The summed E-state index contributed by atoms with van der Waals surface area (Å²) in [7, 11) is 0.778. The zero-order valence-electron chi connectivity index (χ0n) is 49.5. The van der Waals surface area contributed by atoms with Crippen LogP contribution in [0.5, 0.6) is 23.0 Å². The second-order valence-corrected chi connectivity index (χ2v) is 35.6. The number of hydrogen-bond donors (Lipinski definition) is 0. The van der Waals surface area contributed by atoms with Crippen molar-refractivity contribution in [2.24, 2.45) is 14.1 Å². The molecule has 2 aliphatic heterocycles. The zero-order chi connectivity index (χ0) is 60.6. The lowest BCUT2D eigenvalue weighted by molar-refractivity contribution is -0.0296. The Balaban J connectivity index is 0.000000179. The fourth-order valence-electron chi connectivity index (χ4n) is 10.7. The van der Waals surface area contributed by atoms with E-state index in [0.29, 0.717) is 93.0 Å². The third-order valence-corrected chi connectivity index (χ3v) is 18.9. The molecule has 12 rings (SSSR count). The van der Waals surface area contributed by atoms with Crippen LogP contribution in [0.3, 0.4) is 0 Å². The van der Waals surface area contributed by atoms with Crippen LogP contribution in [-0.2, 0) is 46.5 Å². The van der Waals surface area contributed by atoms with Crippen molar-refractivity contribution in [3.8, 4) is 45.3 Å². The molecule has 4 aromatic carbocycles. The largest absolute Gasteiger partial charge is 0.454 e. The fourth-order valence-corrected chi connectivity index (χ4v) is 12.2. The van der Waals surface area contributed by atoms with E-state index in [-0.39, 0.29) is 48.5 Å². The van der Waals surface area contributed by atoms with Gasteiger partial charge in [0.05, 0.1) is 47.1 Å². The summed E-state index contributed by atoms with van der Waals surface area (Å²) in [5.41, 5.74) is 5.65. The molecule has 2 saturated heterocycles. The summed E-state index contributed by atoms with van der Waals surface area (Å²) in [4.78, 5) is 36.0. The van der Waals surface area contributed by atoms with E-state index in [9.17, 15) is 27.2 Å². The molecule has 0 saturated carbocycles. The van der Waals surface area contributed by atoms with Crippen LogP contribution in [0.2, 0.25) is 51.4 Å². The van der Waals surface area contributed by atoms with Crippen LogP contribution in [-0.4, -0.2) is 90.4 Å². The molecule has 0 bridgehead atoms. The van der Waals surface area contributed by atoms with Crippen LogP contribution in [0, 0.1) is 23.3 Å². The van der Waals surface area contributed by atoms with Gasteiger partial charge in [0.15, 0.2) is 23.1 Å². The highest BCUT2D eigenvalue weighted by Crippen LogP contribution is 2.43. The maximum Gasteiger partial charge on any atom is 0.276 e. The van der Waals surface area contributed by atoms with Gasteiger partial charge in [-0.2, -0.15) is 10.2 Å². The van der Waals surface area contributed by atoms with Crippen LogP contribution in [0.4, 0.5) is 17.6 Å². The number of hydrogen-bond acceptors (Lipinski definition) is 12. The minimum atomic E-state index is -1.28.